The van der Waals surface area contributed by atoms with Gasteiger partial charge in [0.2, 0.25) is 0 Å². The van der Waals surface area contributed by atoms with Gasteiger partial charge in [0.1, 0.15) is 5.82 Å². The van der Waals surface area contributed by atoms with Gasteiger partial charge in [-0.15, -0.1) is 6.58 Å². The summed E-state index contributed by atoms with van der Waals surface area (Å²) in [6.45, 7) is 9.65. The standard InChI is InChI=1S/C25H25FN2/c1-5-16(2)13-24(27)22-14-19(10-8-17(22)3)21-7-6-12-28-25(21)20-11-9-18(4)23(26)15-20/h5-16H,1,27H2,2-4H3/b24-13+. The highest BCUT2D eigenvalue weighted by atomic mass is 19.1. The zero-order chi connectivity index (χ0) is 20.3. The molecule has 3 aromatic rings. The zero-order valence-electron chi connectivity index (χ0n) is 16.5. The van der Waals surface area contributed by atoms with Gasteiger partial charge >= 0.3 is 0 Å². The lowest BCUT2D eigenvalue weighted by Crippen LogP contribution is -2.02. The number of hydrogen-bond donors (Lipinski definition) is 1. The van der Waals surface area contributed by atoms with Gasteiger partial charge in [-0.1, -0.05) is 49.4 Å². The van der Waals surface area contributed by atoms with Crippen LogP contribution in [-0.2, 0) is 0 Å². The second kappa shape index (κ2) is 8.22. The lowest BCUT2D eigenvalue weighted by Gasteiger charge is -2.14. The van der Waals surface area contributed by atoms with Crippen molar-refractivity contribution in [3.05, 3.63) is 96.0 Å². The van der Waals surface area contributed by atoms with Crippen molar-refractivity contribution in [3.8, 4) is 22.4 Å². The van der Waals surface area contributed by atoms with Gasteiger partial charge < -0.3 is 5.73 Å². The molecule has 0 saturated heterocycles. The Bertz CT molecular complexity index is 1050. The topological polar surface area (TPSA) is 38.9 Å². The molecule has 0 amide bonds. The molecule has 28 heavy (non-hydrogen) atoms. The second-order valence-electron chi connectivity index (χ2n) is 7.11. The first-order valence-electron chi connectivity index (χ1n) is 9.33. The van der Waals surface area contributed by atoms with Crippen molar-refractivity contribution in [1.29, 1.82) is 0 Å². The fourth-order valence-corrected chi connectivity index (χ4v) is 3.15. The quantitative estimate of drug-likeness (QED) is 0.534. The molecule has 0 spiro atoms. The Morgan fingerprint density at radius 1 is 1.07 bits per heavy atom. The van der Waals surface area contributed by atoms with E-state index in [1.54, 1.807) is 19.2 Å². The van der Waals surface area contributed by atoms with Crippen LogP contribution in [0.1, 0.15) is 23.6 Å². The van der Waals surface area contributed by atoms with Crippen LogP contribution >= 0.6 is 0 Å². The lowest BCUT2D eigenvalue weighted by atomic mass is 9.94. The smallest absolute Gasteiger partial charge is 0.126 e. The molecule has 1 atom stereocenters. The van der Waals surface area contributed by atoms with E-state index in [4.69, 9.17) is 5.73 Å². The molecule has 0 aliphatic heterocycles. The van der Waals surface area contributed by atoms with Gasteiger partial charge in [-0.3, -0.25) is 4.98 Å². The normalized spacial score (nSPS) is 12.6. The fourth-order valence-electron chi connectivity index (χ4n) is 3.15. The van der Waals surface area contributed by atoms with Crippen molar-refractivity contribution < 1.29 is 4.39 Å². The minimum atomic E-state index is -0.232. The van der Waals surface area contributed by atoms with Crippen molar-refractivity contribution in [2.75, 3.05) is 0 Å². The number of aryl methyl sites for hydroxylation is 2. The molecule has 1 heterocycles. The van der Waals surface area contributed by atoms with Crippen LogP contribution in [0.4, 0.5) is 4.39 Å². The summed E-state index contributed by atoms with van der Waals surface area (Å²) in [7, 11) is 0. The summed E-state index contributed by atoms with van der Waals surface area (Å²) in [4.78, 5) is 4.53. The molecule has 1 unspecified atom stereocenters. The molecule has 0 saturated carbocycles. The minimum absolute atomic E-state index is 0.188. The largest absolute Gasteiger partial charge is 0.398 e. The molecule has 3 heteroatoms. The third-order valence-corrected chi connectivity index (χ3v) is 4.93. The minimum Gasteiger partial charge on any atom is -0.398 e. The fraction of sp³-hybridized carbons (Fsp3) is 0.160. The molecule has 0 bridgehead atoms. The molecule has 1 aromatic heterocycles. The predicted octanol–water partition coefficient (Wildman–Crippen LogP) is 6.29. The van der Waals surface area contributed by atoms with Gasteiger partial charge in [-0.2, -0.15) is 0 Å². The summed E-state index contributed by atoms with van der Waals surface area (Å²) in [6.07, 6.45) is 5.58. The van der Waals surface area contributed by atoms with E-state index >= 15 is 0 Å². The highest BCUT2D eigenvalue weighted by Gasteiger charge is 2.12. The molecular formula is C25H25FN2. The summed E-state index contributed by atoms with van der Waals surface area (Å²) < 4.78 is 14.1. The second-order valence-corrected chi connectivity index (χ2v) is 7.11. The summed E-state index contributed by atoms with van der Waals surface area (Å²) in [5.74, 6) is -0.0446. The summed E-state index contributed by atoms with van der Waals surface area (Å²) in [5, 5.41) is 0. The Hall–Kier alpha value is -3.20. The molecule has 3 rings (SSSR count). The van der Waals surface area contributed by atoms with Crippen LogP contribution in [0.2, 0.25) is 0 Å². The maximum absolute atomic E-state index is 14.1. The van der Waals surface area contributed by atoms with E-state index in [9.17, 15) is 4.39 Å². The Labute approximate surface area is 166 Å². The van der Waals surface area contributed by atoms with E-state index in [0.717, 1.165) is 39.2 Å². The van der Waals surface area contributed by atoms with Crippen LogP contribution in [0.25, 0.3) is 28.1 Å². The van der Waals surface area contributed by atoms with Gasteiger partial charge in [0.15, 0.2) is 0 Å². The monoisotopic (exact) mass is 372 g/mol. The maximum Gasteiger partial charge on any atom is 0.126 e. The third kappa shape index (κ3) is 4.04. The molecule has 2 N–H and O–H groups in total. The third-order valence-electron chi connectivity index (χ3n) is 4.93. The van der Waals surface area contributed by atoms with Gasteiger partial charge in [0.05, 0.1) is 5.69 Å². The predicted molar refractivity (Wildman–Crippen MR) is 116 cm³/mol. The molecule has 0 fully saturated rings. The summed E-state index contributed by atoms with van der Waals surface area (Å²) in [5.41, 5.74) is 13.2. The number of nitrogens with two attached hydrogens (primary N) is 1. The van der Waals surface area contributed by atoms with E-state index in [1.165, 1.54) is 6.07 Å². The maximum atomic E-state index is 14.1. The van der Waals surface area contributed by atoms with E-state index in [1.807, 2.05) is 50.3 Å². The van der Waals surface area contributed by atoms with E-state index in [2.05, 4.69) is 23.7 Å². The molecule has 0 radical (unpaired) electrons. The number of pyridine rings is 1. The number of allylic oxidation sites excluding steroid dienone is 2. The van der Waals surface area contributed by atoms with Crippen LogP contribution in [-0.4, -0.2) is 4.98 Å². The van der Waals surface area contributed by atoms with Gasteiger partial charge in [-0.05, 0) is 54.7 Å². The van der Waals surface area contributed by atoms with Crippen molar-refractivity contribution in [2.24, 2.45) is 11.7 Å². The SMILES string of the molecule is C=CC(C)/C=C(/N)c1cc(-c2cccnc2-c2ccc(C)c(F)c2)ccc1C. The first kappa shape index (κ1) is 19.6. The molecule has 142 valence electrons. The van der Waals surface area contributed by atoms with Gasteiger partial charge in [0.25, 0.3) is 0 Å². The number of nitrogens with zero attached hydrogens (tertiary/aromatic N) is 1. The van der Waals surface area contributed by atoms with E-state index in [-0.39, 0.29) is 11.7 Å². The molecule has 2 nitrogen and oxygen atoms in total. The van der Waals surface area contributed by atoms with E-state index in [0.29, 0.717) is 5.56 Å². The van der Waals surface area contributed by atoms with Crippen molar-refractivity contribution in [1.82, 2.24) is 4.98 Å². The van der Waals surface area contributed by atoms with Crippen LogP contribution < -0.4 is 5.73 Å². The first-order chi connectivity index (χ1) is 13.4. The lowest BCUT2D eigenvalue weighted by molar-refractivity contribution is 0.619. The first-order valence-corrected chi connectivity index (χ1v) is 9.33. The van der Waals surface area contributed by atoms with Crippen molar-refractivity contribution in [3.63, 3.8) is 0 Å². The van der Waals surface area contributed by atoms with Crippen LogP contribution in [0, 0.1) is 25.6 Å². The Morgan fingerprint density at radius 2 is 1.79 bits per heavy atom. The highest BCUT2D eigenvalue weighted by molar-refractivity contribution is 5.83. The zero-order valence-corrected chi connectivity index (χ0v) is 16.5. The Balaban J connectivity index is 2.13. The number of aromatic nitrogens is 1. The van der Waals surface area contributed by atoms with Gasteiger partial charge in [-0.25, -0.2) is 4.39 Å². The number of hydrogen-bond acceptors (Lipinski definition) is 2. The van der Waals surface area contributed by atoms with Crippen molar-refractivity contribution >= 4 is 5.70 Å². The van der Waals surface area contributed by atoms with Crippen LogP contribution in [0.5, 0.6) is 0 Å². The highest BCUT2D eigenvalue weighted by Crippen LogP contribution is 2.33. The average Bonchev–Trinajstić information content (AvgIpc) is 2.70. The Kier molecular flexibility index (Phi) is 5.74. The average molecular weight is 372 g/mol. The van der Waals surface area contributed by atoms with Gasteiger partial charge in [0, 0.05) is 28.6 Å². The molecular weight excluding hydrogens is 347 g/mol. The summed E-state index contributed by atoms with van der Waals surface area (Å²) >= 11 is 0. The summed E-state index contributed by atoms with van der Waals surface area (Å²) in [6, 6.07) is 15.3. The Morgan fingerprint density at radius 3 is 2.50 bits per heavy atom. The number of halogens is 1. The molecule has 0 aliphatic carbocycles. The molecule has 2 aromatic carbocycles. The van der Waals surface area contributed by atoms with Crippen molar-refractivity contribution in [2.45, 2.75) is 20.8 Å². The van der Waals surface area contributed by atoms with Crippen LogP contribution in [0.3, 0.4) is 0 Å². The number of rotatable bonds is 5. The van der Waals surface area contributed by atoms with Crippen LogP contribution in [0.15, 0.2) is 73.5 Å². The number of benzene rings is 2. The molecule has 0 aliphatic rings. The van der Waals surface area contributed by atoms with E-state index < -0.39 is 0 Å².